The molecule has 0 radical (unpaired) electrons. The Kier molecular flexibility index (Phi) is 7.33. The van der Waals surface area contributed by atoms with Crippen LogP contribution in [0.5, 0.6) is 0 Å². The summed E-state index contributed by atoms with van der Waals surface area (Å²) in [5.41, 5.74) is 2.51. The smallest absolute Gasteiger partial charge is 0.475 e. The summed E-state index contributed by atoms with van der Waals surface area (Å²) < 4.78 is 49.5. The van der Waals surface area contributed by atoms with Crippen molar-refractivity contribution in [2.24, 2.45) is 0 Å². The Morgan fingerprint density at radius 2 is 1.83 bits per heavy atom. The molecule has 0 bridgehead atoms. The van der Waals surface area contributed by atoms with Crippen LogP contribution in [0.3, 0.4) is 0 Å². The third-order valence-electron chi connectivity index (χ3n) is 6.81. The number of benzene rings is 1. The van der Waals surface area contributed by atoms with Gasteiger partial charge in [-0.15, -0.1) is 0 Å². The van der Waals surface area contributed by atoms with Crippen LogP contribution in [-0.2, 0) is 11.3 Å². The normalized spacial score (nSPS) is 16.4. The first-order valence-corrected chi connectivity index (χ1v) is 12.8. The number of aliphatic hydroxyl groups is 1. The van der Waals surface area contributed by atoms with Gasteiger partial charge in [-0.05, 0) is 31.9 Å². The van der Waals surface area contributed by atoms with Gasteiger partial charge in [0.05, 0.1) is 29.1 Å². The molecule has 0 spiro atoms. The molecule has 1 saturated carbocycles. The number of pyridine rings is 1. The Balaban J connectivity index is 0.000000431. The molecule has 6 rings (SSSR count). The molecule has 1 aromatic carbocycles. The van der Waals surface area contributed by atoms with Crippen LogP contribution in [0.25, 0.3) is 16.6 Å². The fourth-order valence-electron chi connectivity index (χ4n) is 4.63. The Labute approximate surface area is 230 Å². The van der Waals surface area contributed by atoms with Crippen LogP contribution in [0.2, 0.25) is 0 Å². The molecule has 1 aliphatic heterocycles. The van der Waals surface area contributed by atoms with Gasteiger partial charge in [-0.1, -0.05) is 0 Å². The van der Waals surface area contributed by atoms with Gasteiger partial charge in [-0.3, -0.25) is 9.48 Å². The van der Waals surface area contributed by atoms with E-state index in [1.165, 1.54) is 6.07 Å². The summed E-state index contributed by atoms with van der Waals surface area (Å²) in [6.07, 6.45) is 1.69. The number of carbonyl (C=O) groups is 2. The summed E-state index contributed by atoms with van der Waals surface area (Å²) in [6.45, 7) is 5.68. The van der Waals surface area contributed by atoms with E-state index < -0.39 is 23.6 Å². The van der Waals surface area contributed by atoms with Gasteiger partial charge in [0.25, 0.3) is 5.91 Å². The number of carbonyl (C=O) groups excluding carboxylic acids is 1. The van der Waals surface area contributed by atoms with Crippen molar-refractivity contribution in [2.45, 2.75) is 38.1 Å². The number of carboxylic acids is 1. The molecule has 4 aromatic rings. The van der Waals surface area contributed by atoms with Crippen LogP contribution in [0.15, 0.2) is 36.8 Å². The fraction of sp³-hybridized carbons (Fsp3) is 0.385. The number of amides is 1. The molecule has 218 valence electrons. The molecule has 4 heterocycles. The number of hydrogen-bond acceptors (Lipinski definition) is 7. The maximum Gasteiger partial charge on any atom is 0.490 e. The highest BCUT2D eigenvalue weighted by atomic mass is 19.4. The number of nitrogens with zero attached hydrogens (tertiary/aromatic N) is 5. The molecule has 0 unspecified atom stereocenters. The molecule has 1 aliphatic carbocycles. The standard InChI is InChI=1S/C24H26FN7O2.C2HF3O2/c1-15-11-31-12-16(10-19(25)22(31)27-15)28-23(33)17-2-3-20(30-8-6-26-7-9-30)18-13-32(29-21(17)18)14-24(34)4-5-24;3-2(4,5)1(6)7/h2-3,10-13,26,34H,4-9,14H2,1H3,(H,28,33);(H,6,7). The average molecular weight is 578 g/mol. The van der Waals surface area contributed by atoms with Gasteiger partial charge in [-0.25, -0.2) is 14.2 Å². The molecule has 41 heavy (non-hydrogen) atoms. The second kappa shape index (κ2) is 10.6. The minimum Gasteiger partial charge on any atom is -0.475 e. The monoisotopic (exact) mass is 577 g/mol. The van der Waals surface area contributed by atoms with Crippen molar-refractivity contribution < 1.29 is 37.4 Å². The zero-order chi connectivity index (χ0) is 29.5. The zero-order valence-corrected chi connectivity index (χ0v) is 21.9. The number of nitrogens with one attached hydrogen (secondary N) is 2. The Morgan fingerprint density at radius 3 is 2.46 bits per heavy atom. The second-order valence-corrected chi connectivity index (χ2v) is 10.1. The fourth-order valence-corrected chi connectivity index (χ4v) is 4.63. The van der Waals surface area contributed by atoms with Crippen LogP contribution < -0.4 is 15.5 Å². The summed E-state index contributed by atoms with van der Waals surface area (Å²) >= 11 is 0. The minimum atomic E-state index is -5.08. The predicted molar refractivity (Wildman–Crippen MR) is 141 cm³/mol. The largest absolute Gasteiger partial charge is 0.490 e. The quantitative estimate of drug-likeness (QED) is 0.266. The molecular formula is C26H27F4N7O4. The summed E-state index contributed by atoms with van der Waals surface area (Å²) in [5.74, 6) is -3.64. The van der Waals surface area contributed by atoms with Crippen LogP contribution >= 0.6 is 0 Å². The van der Waals surface area contributed by atoms with Gasteiger partial charge in [0.1, 0.15) is 5.52 Å². The van der Waals surface area contributed by atoms with Crippen molar-refractivity contribution in [2.75, 3.05) is 36.4 Å². The average Bonchev–Trinajstić information content (AvgIpc) is 3.28. The molecule has 2 aliphatic rings. The summed E-state index contributed by atoms with van der Waals surface area (Å²) in [4.78, 5) is 28.6. The molecule has 2 fully saturated rings. The van der Waals surface area contributed by atoms with Crippen molar-refractivity contribution >= 4 is 39.8 Å². The van der Waals surface area contributed by atoms with E-state index in [0.717, 1.165) is 50.1 Å². The van der Waals surface area contributed by atoms with Crippen molar-refractivity contribution in [1.29, 1.82) is 0 Å². The van der Waals surface area contributed by atoms with E-state index in [9.17, 15) is 27.5 Å². The lowest BCUT2D eigenvalue weighted by molar-refractivity contribution is -0.192. The number of halogens is 4. The van der Waals surface area contributed by atoms with Crippen LogP contribution in [0, 0.1) is 12.7 Å². The van der Waals surface area contributed by atoms with E-state index in [2.05, 4.69) is 20.5 Å². The summed E-state index contributed by atoms with van der Waals surface area (Å²) in [5, 5.41) is 29.3. The highest BCUT2D eigenvalue weighted by molar-refractivity contribution is 6.13. The van der Waals surface area contributed by atoms with Crippen LogP contribution in [-0.4, -0.2) is 79.2 Å². The van der Waals surface area contributed by atoms with Crippen LogP contribution in [0.1, 0.15) is 28.9 Å². The number of aliphatic carboxylic acids is 1. The number of alkyl halides is 3. The summed E-state index contributed by atoms with van der Waals surface area (Å²) in [7, 11) is 0. The van der Waals surface area contributed by atoms with E-state index in [1.54, 1.807) is 34.5 Å². The number of carboxylic acid groups (broad SMARTS) is 1. The zero-order valence-electron chi connectivity index (χ0n) is 21.9. The van der Waals surface area contributed by atoms with Gasteiger partial charge in [0.15, 0.2) is 11.5 Å². The van der Waals surface area contributed by atoms with E-state index in [1.807, 2.05) is 12.3 Å². The third kappa shape index (κ3) is 6.25. The molecule has 3 aromatic heterocycles. The van der Waals surface area contributed by atoms with Crippen molar-refractivity contribution in [3.8, 4) is 0 Å². The Hall–Kier alpha value is -4.24. The van der Waals surface area contributed by atoms with Crippen LogP contribution in [0.4, 0.5) is 28.9 Å². The number of aryl methyl sites for hydroxylation is 1. The molecule has 11 nitrogen and oxygen atoms in total. The van der Waals surface area contributed by atoms with E-state index >= 15 is 0 Å². The highest BCUT2D eigenvalue weighted by Gasteiger charge is 2.41. The number of aromatic nitrogens is 4. The number of rotatable bonds is 5. The molecule has 4 N–H and O–H groups in total. The summed E-state index contributed by atoms with van der Waals surface area (Å²) in [6, 6.07) is 4.99. The van der Waals surface area contributed by atoms with Crippen molar-refractivity contribution in [3.05, 3.63) is 53.9 Å². The number of fused-ring (bicyclic) bond motifs is 2. The first-order chi connectivity index (χ1) is 19.3. The number of hydrogen-bond donors (Lipinski definition) is 4. The van der Waals surface area contributed by atoms with E-state index in [-0.39, 0.29) is 11.6 Å². The van der Waals surface area contributed by atoms with Gasteiger partial charge >= 0.3 is 12.1 Å². The lowest BCUT2D eigenvalue weighted by Crippen LogP contribution is -2.43. The molecule has 1 amide bonds. The lowest BCUT2D eigenvalue weighted by Gasteiger charge is -2.30. The SMILES string of the molecule is Cc1cn2cc(NC(=O)c3ccc(N4CCNCC4)c4cn(CC5(O)CC5)nc34)cc(F)c2n1.O=C(O)C(F)(F)F. The topological polar surface area (TPSA) is 137 Å². The minimum absolute atomic E-state index is 0.218. The molecule has 15 heteroatoms. The van der Waals surface area contributed by atoms with Gasteiger partial charge in [0, 0.05) is 61.9 Å². The van der Waals surface area contributed by atoms with E-state index in [0.29, 0.717) is 29.0 Å². The number of imidazole rings is 1. The highest BCUT2D eigenvalue weighted by Crippen LogP contribution is 2.37. The van der Waals surface area contributed by atoms with Gasteiger partial charge < -0.3 is 30.1 Å². The molecule has 0 atom stereocenters. The Morgan fingerprint density at radius 1 is 1.15 bits per heavy atom. The maximum absolute atomic E-state index is 14.5. The number of piperazine rings is 1. The Bertz CT molecular complexity index is 1620. The molecular weight excluding hydrogens is 550 g/mol. The molecule has 1 saturated heterocycles. The van der Waals surface area contributed by atoms with Gasteiger partial charge in [-0.2, -0.15) is 18.3 Å². The first-order valence-electron chi connectivity index (χ1n) is 12.8. The third-order valence-corrected chi connectivity index (χ3v) is 6.81. The predicted octanol–water partition coefficient (Wildman–Crippen LogP) is 2.95. The maximum atomic E-state index is 14.5. The first kappa shape index (κ1) is 28.3. The number of anilines is 2. The lowest BCUT2D eigenvalue weighted by atomic mass is 10.1. The van der Waals surface area contributed by atoms with Crippen molar-refractivity contribution in [1.82, 2.24) is 24.5 Å². The van der Waals surface area contributed by atoms with Gasteiger partial charge in [0.2, 0.25) is 0 Å². The second-order valence-electron chi connectivity index (χ2n) is 10.1. The van der Waals surface area contributed by atoms with E-state index in [4.69, 9.17) is 15.0 Å². The van der Waals surface area contributed by atoms with Crippen molar-refractivity contribution in [3.63, 3.8) is 0 Å².